The van der Waals surface area contributed by atoms with Gasteiger partial charge in [0.25, 0.3) is 0 Å². The summed E-state index contributed by atoms with van der Waals surface area (Å²) >= 11 is 6.00. The standard InChI is InChI=1S/C22H20BrN3O4S2/c1-4-30-20(27)18-14(2)25(16-8-6-5-7-9-16)22(31-18)26(17-12-10-15(23)11-13-17)24-19(32-22)21(28)29-3/h5-13H,4H2,1-3H3/t22-/m0/s1. The molecule has 32 heavy (non-hydrogen) atoms. The highest BCUT2D eigenvalue weighted by Gasteiger charge is 2.58. The minimum absolute atomic E-state index is 0.196. The first-order chi connectivity index (χ1) is 15.4. The van der Waals surface area contributed by atoms with Crippen LogP contribution in [-0.2, 0) is 19.1 Å². The fraction of sp³-hybridized carbons (Fsp3) is 0.227. The van der Waals surface area contributed by atoms with Gasteiger partial charge in [-0.1, -0.05) is 45.9 Å². The molecule has 0 saturated heterocycles. The van der Waals surface area contributed by atoms with Crippen LogP contribution in [0, 0.1) is 0 Å². The number of hydrogen-bond donors (Lipinski definition) is 0. The number of para-hydroxylation sites is 1. The molecule has 1 atom stereocenters. The van der Waals surface area contributed by atoms with Crippen molar-refractivity contribution in [2.75, 3.05) is 23.6 Å². The zero-order valence-corrected chi connectivity index (χ0v) is 20.8. The normalized spacial score (nSPS) is 20.1. The van der Waals surface area contributed by atoms with E-state index in [9.17, 15) is 9.59 Å². The van der Waals surface area contributed by atoms with Gasteiger partial charge in [0.2, 0.25) is 9.37 Å². The number of thioether (sulfide) groups is 2. The van der Waals surface area contributed by atoms with Crippen LogP contribution in [0.5, 0.6) is 0 Å². The SMILES string of the molecule is CCOC(=O)C1=C(C)N(c2ccccc2)[C@@]2(SC(C(=O)OC)=NN2c2ccc(Br)cc2)S1. The van der Waals surface area contributed by atoms with E-state index in [0.717, 1.165) is 21.5 Å². The molecule has 2 aromatic rings. The highest BCUT2D eigenvalue weighted by Crippen LogP contribution is 2.60. The van der Waals surface area contributed by atoms with Gasteiger partial charge in [-0.25, -0.2) is 14.6 Å². The lowest BCUT2D eigenvalue weighted by Crippen LogP contribution is -2.49. The average Bonchev–Trinajstić information content (AvgIpc) is 3.32. The number of nitrogens with zero attached hydrogens (tertiary/aromatic N) is 3. The van der Waals surface area contributed by atoms with E-state index in [-0.39, 0.29) is 11.7 Å². The molecule has 2 aliphatic heterocycles. The maximum Gasteiger partial charge on any atom is 0.365 e. The van der Waals surface area contributed by atoms with Gasteiger partial charge in [0.05, 0.1) is 19.4 Å². The highest BCUT2D eigenvalue weighted by molar-refractivity contribution is 9.10. The first-order valence-corrected chi connectivity index (χ1v) is 12.2. The molecule has 2 aromatic carbocycles. The minimum Gasteiger partial charge on any atom is -0.464 e. The summed E-state index contributed by atoms with van der Waals surface area (Å²) in [6.45, 7) is 3.91. The predicted molar refractivity (Wildman–Crippen MR) is 132 cm³/mol. The summed E-state index contributed by atoms with van der Waals surface area (Å²) in [6, 6.07) is 17.3. The van der Waals surface area contributed by atoms with Crippen molar-refractivity contribution >= 4 is 67.8 Å². The van der Waals surface area contributed by atoms with Crippen molar-refractivity contribution in [2.45, 2.75) is 18.2 Å². The van der Waals surface area contributed by atoms with Gasteiger partial charge in [-0.3, -0.25) is 0 Å². The Labute approximate surface area is 202 Å². The second-order valence-corrected chi connectivity index (χ2v) is 10.3. The van der Waals surface area contributed by atoms with Crippen molar-refractivity contribution in [1.29, 1.82) is 0 Å². The number of anilines is 2. The largest absolute Gasteiger partial charge is 0.464 e. The number of allylic oxidation sites excluding steroid dienone is 1. The topological polar surface area (TPSA) is 71.4 Å². The van der Waals surface area contributed by atoms with Gasteiger partial charge in [0.15, 0.2) is 0 Å². The highest BCUT2D eigenvalue weighted by atomic mass is 79.9. The van der Waals surface area contributed by atoms with Gasteiger partial charge < -0.3 is 14.4 Å². The van der Waals surface area contributed by atoms with Crippen LogP contribution < -0.4 is 9.91 Å². The van der Waals surface area contributed by atoms with Crippen LogP contribution in [0.1, 0.15) is 13.8 Å². The Morgan fingerprint density at radius 3 is 2.34 bits per heavy atom. The number of esters is 2. The number of hydrogen-bond acceptors (Lipinski definition) is 9. The molecule has 10 heteroatoms. The van der Waals surface area contributed by atoms with Crippen molar-refractivity contribution in [3.63, 3.8) is 0 Å². The average molecular weight is 534 g/mol. The lowest BCUT2D eigenvalue weighted by Gasteiger charge is -2.41. The van der Waals surface area contributed by atoms with E-state index in [0.29, 0.717) is 4.91 Å². The number of carbonyl (C=O) groups excluding carboxylic acids is 2. The minimum atomic E-state index is -0.995. The van der Waals surface area contributed by atoms with Gasteiger partial charge in [-0.05, 0) is 62.0 Å². The summed E-state index contributed by atoms with van der Waals surface area (Å²) in [5.41, 5.74) is 2.33. The molecule has 0 bridgehead atoms. The monoisotopic (exact) mass is 533 g/mol. The van der Waals surface area contributed by atoms with E-state index < -0.39 is 16.3 Å². The second kappa shape index (κ2) is 9.21. The summed E-state index contributed by atoms with van der Waals surface area (Å²) in [7, 11) is 1.32. The summed E-state index contributed by atoms with van der Waals surface area (Å²) in [5.74, 6) is -0.944. The Kier molecular flexibility index (Phi) is 6.55. The molecule has 0 aromatic heterocycles. The van der Waals surface area contributed by atoms with Crippen molar-refractivity contribution in [1.82, 2.24) is 0 Å². The predicted octanol–water partition coefficient (Wildman–Crippen LogP) is 5.15. The van der Waals surface area contributed by atoms with Crippen LogP contribution in [-0.4, -0.2) is 35.0 Å². The third kappa shape index (κ3) is 3.91. The number of rotatable bonds is 5. The molecule has 1 spiro atoms. The van der Waals surface area contributed by atoms with Gasteiger partial charge in [0.1, 0.15) is 4.91 Å². The van der Waals surface area contributed by atoms with E-state index in [1.165, 1.54) is 30.6 Å². The molecule has 0 fully saturated rings. The molecule has 0 amide bonds. The van der Waals surface area contributed by atoms with Crippen molar-refractivity contribution in [3.8, 4) is 0 Å². The van der Waals surface area contributed by atoms with Gasteiger partial charge in [-0.2, -0.15) is 5.10 Å². The van der Waals surface area contributed by atoms with Crippen molar-refractivity contribution in [3.05, 3.63) is 69.7 Å². The number of benzene rings is 2. The molecule has 0 N–H and O–H groups in total. The zero-order valence-electron chi connectivity index (χ0n) is 17.6. The second-order valence-electron chi connectivity index (χ2n) is 6.74. The summed E-state index contributed by atoms with van der Waals surface area (Å²) in [5, 5.41) is 6.58. The lowest BCUT2D eigenvalue weighted by molar-refractivity contribution is -0.137. The van der Waals surface area contributed by atoms with Crippen LogP contribution in [0.25, 0.3) is 0 Å². The fourth-order valence-electron chi connectivity index (χ4n) is 3.41. The van der Waals surface area contributed by atoms with Crippen LogP contribution in [0.15, 0.2) is 74.8 Å². The van der Waals surface area contributed by atoms with Gasteiger partial charge >= 0.3 is 11.9 Å². The smallest absolute Gasteiger partial charge is 0.365 e. The number of ether oxygens (including phenoxy) is 2. The third-order valence-corrected chi connectivity index (χ3v) is 8.16. The zero-order chi connectivity index (χ0) is 22.9. The van der Waals surface area contributed by atoms with Gasteiger partial charge in [0, 0.05) is 15.9 Å². The molecular weight excluding hydrogens is 514 g/mol. The Hall–Kier alpha value is -2.43. The number of carbonyl (C=O) groups is 2. The van der Waals surface area contributed by atoms with Crippen LogP contribution >= 0.6 is 39.5 Å². The molecule has 2 aliphatic rings. The molecule has 7 nitrogen and oxygen atoms in total. The molecule has 0 saturated carbocycles. The Morgan fingerprint density at radius 2 is 1.72 bits per heavy atom. The molecule has 0 unspecified atom stereocenters. The van der Waals surface area contributed by atoms with E-state index >= 15 is 0 Å². The van der Waals surface area contributed by atoms with Crippen LogP contribution in [0.4, 0.5) is 11.4 Å². The van der Waals surface area contributed by atoms with Gasteiger partial charge in [-0.15, -0.1) is 0 Å². The molecule has 2 heterocycles. The molecule has 166 valence electrons. The summed E-state index contributed by atoms with van der Waals surface area (Å²) in [4.78, 5) is 27.8. The maximum atomic E-state index is 12.8. The number of halogens is 1. The van der Waals surface area contributed by atoms with Crippen LogP contribution in [0.3, 0.4) is 0 Å². The molecule has 0 radical (unpaired) electrons. The van der Waals surface area contributed by atoms with Crippen LogP contribution in [0.2, 0.25) is 0 Å². The van der Waals surface area contributed by atoms with E-state index in [1.54, 1.807) is 11.9 Å². The number of methoxy groups -OCH3 is 1. The molecule has 4 rings (SSSR count). The quantitative estimate of drug-likeness (QED) is 0.488. The van der Waals surface area contributed by atoms with Crippen molar-refractivity contribution < 1.29 is 19.1 Å². The Balaban J connectivity index is 1.89. The Morgan fingerprint density at radius 1 is 1.03 bits per heavy atom. The van der Waals surface area contributed by atoms with E-state index in [4.69, 9.17) is 9.47 Å². The number of hydrazone groups is 1. The first kappa shape index (κ1) is 22.8. The fourth-order valence-corrected chi connectivity index (χ4v) is 6.65. The van der Waals surface area contributed by atoms with E-state index in [1.807, 2.05) is 66.4 Å². The summed E-state index contributed by atoms with van der Waals surface area (Å²) in [6.07, 6.45) is 0. The first-order valence-electron chi connectivity index (χ1n) is 9.75. The molecule has 0 aliphatic carbocycles. The van der Waals surface area contributed by atoms with Crippen molar-refractivity contribution in [2.24, 2.45) is 5.10 Å². The lowest BCUT2D eigenvalue weighted by atomic mass is 10.2. The summed E-state index contributed by atoms with van der Waals surface area (Å²) < 4.78 is 10.2. The third-order valence-electron chi connectivity index (χ3n) is 4.78. The Bertz CT molecular complexity index is 1110. The molecular formula is C22H20BrN3O4S2. The maximum absolute atomic E-state index is 12.8. The van der Waals surface area contributed by atoms with E-state index in [2.05, 4.69) is 21.0 Å².